The zero-order valence-corrected chi connectivity index (χ0v) is 28.3. The summed E-state index contributed by atoms with van der Waals surface area (Å²) in [6, 6.07) is -0.617. The van der Waals surface area contributed by atoms with E-state index in [0.717, 1.165) is 25.7 Å². The Morgan fingerprint density at radius 2 is 0.905 bits per heavy atom. The summed E-state index contributed by atoms with van der Waals surface area (Å²) in [4.78, 5) is 12.3. The lowest BCUT2D eigenvalue weighted by atomic mass is 10.0. The maximum absolute atomic E-state index is 12.3. The number of allylic oxidation sites excluding steroid dienone is 3. The quantitative estimate of drug-likeness (QED) is 0.0525. The molecule has 0 unspecified atom stereocenters. The average Bonchev–Trinajstić information content (AvgIpc) is 2.99. The van der Waals surface area contributed by atoms with Crippen molar-refractivity contribution in [1.29, 1.82) is 0 Å². The molecule has 0 aliphatic rings. The van der Waals surface area contributed by atoms with Crippen LogP contribution < -0.4 is 5.32 Å². The first-order chi connectivity index (χ1) is 20.7. The summed E-state index contributed by atoms with van der Waals surface area (Å²) in [5.74, 6) is -0.0677. The van der Waals surface area contributed by atoms with E-state index < -0.39 is 12.1 Å². The van der Waals surface area contributed by atoms with Crippen molar-refractivity contribution in [2.24, 2.45) is 0 Å². The molecule has 0 rings (SSSR count). The highest BCUT2D eigenvalue weighted by molar-refractivity contribution is 5.76. The number of carbonyl (C=O) groups excluding carboxylic acids is 1. The number of aliphatic hydroxyl groups excluding tert-OH is 2. The fraction of sp³-hybridized carbons (Fsp3) is 0.868. The van der Waals surface area contributed by atoms with Gasteiger partial charge < -0.3 is 15.5 Å². The molecule has 0 heterocycles. The molecule has 0 spiro atoms. The van der Waals surface area contributed by atoms with E-state index in [1.807, 2.05) is 6.08 Å². The Morgan fingerprint density at radius 1 is 0.548 bits per heavy atom. The van der Waals surface area contributed by atoms with Gasteiger partial charge in [-0.15, -0.1) is 0 Å². The van der Waals surface area contributed by atoms with Gasteiger partial charge in [-0.2, -0.15) is 0 Å². The van der Waals surface area contributed by atoms with Gasteiger partial charge in [0, 0.05) is 6.42 Å². The second-order valence-electron chi connectivity index (χ2n) is 12.6. The van der Waals surface area contributed by atoms with Gasteiger partial charge in [0.1, 0.15) is 0 Å². The van der Waals surface area contributed by atoms with E-state index >= 15 is 0 Å². The molecule has 0 aromatic carbocycles. The molecule has 248 valence electrons. The molecular weight excluding hydrogens is 518 g/mol. The van der Waals surface area contributed by atoms with Crippen molar-refractivity contribution >= 4 is 5.91 Å². The van der Waals surface area contributed by atoms with Crippen LogP contribution in [0.4, 0.5) is 0 Å². The van der Waals surface area contributed by atoms with Crippen LogP contribution in [-0.4, -0.2) is 34.9 Å². The van der Waals surface area contributed by atoms with Gasteiger partial charge in [0.05, 0.1) is 18.8 Å². The number of hydrogen-bond donors (Lipinski definition) is 3. The molecule has 4 nitrogen and oxygen atoms in total. The largest absolute Gasteiger partial charge is 0.394 e. The second kappa shape index (κ2) is 34.4. The summed E-state index contributed by atoms with van der Waals surface area (Å²) in [6.45, 7) is 4.27. The minimum absolute atomic E-state index is 0.0677. The first-order valence-electron chi connectivity index (χ1n) is 18.6. The lowest BCUT2D eigenvalue weighted by Crippen LogP contribution is -2.45. The monoisotopic (exact) mass is 592 g/mol. The number of amides is 1. The molecule has 4 heteroatoms. The summed E-state index contributed by atoms with van der Waals surface area (Å²) in [6.07, 6.45) is 42.7. The fourth-order valence-corrected chi connectivity index (χ4v) is 5.52. The van der Waals surface area contributed by atoms with Crippen LogP contribution in [0.5, 0.6) is 0 Å². The van der Waals surface area contributed by atoms with Crippen LogP contribution >= 0.6 is 0 Å². The number of nitrogens with one attached hydrogen (secondary N) is 1. The standard InChI is InChI=1S/C38H73NO3/c1-3-5-7-9-11-13-14-15-16-17-18-19-20-21-22-23-24-26-28-30-32-34-38(42)39-36(35-40)37(41)33-31-29-27-25-12-10-8-6-4-2/h15-16,31,33,36-37,40-41H,3-14,17-30,32,34-35H2,1-2H3,(H,39,42)/b16-15-,33-31+/t36-,37+/m0/s1. The highest BCUT2D eigenvalue weighted by atomic mass is 16.3. The van der Waals surface area contributed by atoms with Crippen LogP contribution in [0.1, 0.15) is 194 Å². The molecule has 0 saturated carbocycles. The van der Waals surface area contributed by atoms with Crippen molar-refractivity contribution in [3.63, 3.8) is 0 Å². The first kappa shape index (κ1) is 40.9. The zero-order chi connectivity index (χ0) is 30.8. The molecular formula is C38H73NO3. The van der Waals surface area contributed by atoms with Crippen LogP contribution in [0.2, 0.25) is 0 Å². The molecule has 0 bridgehead atoms. The number of aliphatic hydroxyl groups is 2. The summed E-state index contributed by atoms with van der Waals surface area (Å²) >= 11 is 0. The molecule has 0 radical (unpaired) electrons. The van der Waals surface area contributed by atoms with Crippen molar-refractivity contribution in [3.8, 4) is 0 Å². The molecule has 0 aliphatic heterocycles. The van der Waals surface area contributed by atoms with Crippen LogP contribution in [-0.2, 0) is 4.79 Å². The summed E-state index contributed by atoms with van der Waals surface area (Å²) < 4.78 is 0. The predicted octanol–water partition coefficient (Wildman–Crippen LogP) is 10.9. The fourth-order valence-electron chi connectivity index (χ4n) is 5.52. The van der Waals surface area contributed by atoms with Gasteiger partial charge in [0.15, 0.2) is 0 Å². The molecule has 3 N–H and O–H groups in total. The van der Waals surface area contributed by atoms with Crippen LogP contribution in [0.25, 0.3) is 0 Å². The Balaban J connectivity index is 3.53. The third-order valence-corrected chi connectivity index (χ3v) is 8.43. The van der Waals surface area contributed by atoms with Gasteiger partial charge in [0.2, 0.25) is 5.91 Å². The van der Waals surface area contributed by atoms with Gasteiger partial charge >= 0.3 is 0 Å². The van der Waals surface area contributed by atoms with Gasteiger partial charge in [0.25, 0.3) is 0 Å². The van der Waals surface area contributed by atoms with E-state index in [0.29, 0.717) is 6.42 Å². The lowest BCUT2D eigenvalue weighted by Gasteiger charge is -2.20. The topological polar surface area (TPSA) is 69.6 Å². The molecule has 0 fully saturated rings. The number of hydrogen-bond acceptors (Lipinski definition) is 3. The Morgan fingerprint density at radius 3 is 1.31 bits per heavy atom. The molecule has 2 atom stereocenters. The minimum Gasteiger partial charge on any atom is -0.394 e. The maximum atomic E-state index is 12.3. The van der Waals surface area contributed by atoms with E-state index in [-0.39, 0.29) is 12.5 Å². The predicted molar refractivity (Wildman–Crippen MR) is 184 cm³/mol. The van der Waals surface area contributed by atoms with Crippen molar-refractivity contribution < 1.29 is 15.0 Å². The van der Waals surface area contributed by atoms with E-state index in [1.165, 1.54) is 148 Å². The zero-order valence-electron chi connectivity index (χ0n) is 28.3. The summed E-state index contributed by atoms with van der Waals surface area (Å²) in [7, 11) is 0. The number of unbranched alkanes of at least 4 members (excludes halogenated alkanes) is 24. The molecule has 42 heavy (non-hydrogen) atoms. The highest BCUT2D eigenvalue weighted by Crippen LogP contribution is 2.14. The second-order valence-corrected chi connectivity index (χ2v) is 12.6. The summed E-state index contributed by atoms with van der Waals surface area (Å²) in [5, 5.41) is 22.8. The van der Waals surface area contributed by atoms with Crippen LogP contribution in [0, 0.1) is 0 Å². The van der Waals surface area contributed by atoms with E-state index in [4.69, 9.17) is 0 Å². The molecule has 0 aliphatic carbocycles. The Kier molecular flexibility index (Phi) is 33.4. The average molecular weight is 592 g/mol. The van der Waals surface area contributed by atoms with Gasteiger partial charge in [-0.3, -0.25) is 4.79 Å². The van der Waals surface area contributed by atoms with Gasteiger partial charge in [-0.05, 0) is 44.9 Å². The molecule has 1 amide bonds. The SMILES string of the molecule is CCCCCCCC/C=C\CCCCCCCCCCCCCC(=O)N[C@@H](CO)[C@H](O)/C=C/CCCCCCCCC. The van der Waals surface area contributed by atoms with Gasteiger partial charge in [-0.1, -0.05) is 167 Å². The van der Waals surface area contributed by atoms with Crippen molar-refractivity contribution in [3.05, 3.63) is 24.3 Å². The lowest BCUT2D eigenvalue weighted by molar-refractivity contribution is -0.123. The Labute approximate surface area is 262 Å². The highest BCUT2D eigenvalue weighted by Gasteiger charge is 2.17. The van der Waals surface area contributed by atoms with Crippen molar-refractivity contribution in [2.75, 3.05) is 6.61 Å². The maximum Gasteiger partial charge on any atom is 0.220 e. The van der Waals surface area contributed by atoms with Crippen LogP contribution in [0.15, 0.2) is 24.3 Å². The molecule has 0 aromatic heterocycles. The van der Waals surface area contributed by atoms with Crippen LogP contribution in [0.3, 0.4) is 0 Å². The first-order valence-corrected chi connectivity index (χ1v) is 18.6. The van der Waals surface area contributed by atoms with Gasteiger partial charge in [-0.25, -0.2) is 0 Å². The molecule has 0 aromatic rings. The summed E-state index contributed by atoms with van der Waals surface area (Å²) in [5.41, 5.74) is 0. The third-order valence-electron chi connectivity index (χ3n) is 8.43. The normalized spacial score (nSPS) is 13.3. The van der Waals surface area contributed by atoms with E-state index in [2.05, 4.69) is 31.3 Å². The Hall–Kier alpha value is -1.13. The minimum atomic E-state index is -0.833. The molecule has 0 saturated heterocycles. The van der Waals surface area contributed by atoms with Crippen molar-refractivity contribution in [1.82, 2.24) is 5.32 Å². The van der Waals surface area contributed by atoms with E-state index in [1.54, 1.807) is 6.08 Å². The Bertz CT molecular complexity index is 603. The smallest absolute Gasteiger partial charge is 0.220 e. The number of carbonyl (C=O) groups is 1. The number of rotatable bonds is 33. The van der Waals surface area contributed by atoms with Crippen molar-refractivity contribution in [2.45, 2.75) is 206 Å². The van der Waals surface area contributed by atoms with E-state index in [9.17, 15) is 15.0 Å². The third kappa shape index (κ3) is 30.3.